The van der Waals surface area contributed by atoms with Crippen LogP contribution in [0.1, 0.15) is 69.6 Å². The molecule has 0 amide bonds. The fraction of sp³-hybridized carbons (Fsp3) is 0.500. The van der Waals surface area contributed by atoms with Crippen LogP contribution < -0.4 is 0 Å². The maximum atomic E-state index is 2.45. The molecule has 2 aliphatic rings. The van der Waals surface area contributed by atoms with Gasteiger partial charge in [0.15, 0.2) is 0 Å². The van der Waals surface area contributed by atoms with E-state index in [1.54, 1.807) is 11.1 Å². The zero-order valence-corrected chi connectivity index (χ0v) is 13.5. The van der Waals surface area contributed by atoms with Crippen LogP contribution in [0.2, 0.25) is 0 Å². The van der Waals surface area contributed by atoms with E-state index in [4.69, 9.17) is 0 Å². The number of hydrogen-bond acceptors (Lipinski definition) is 0. The standard InChI is InChI=1S/C20H28/c1-5-7-10-17-14-18-13-16(15(3)4)11-8-12-20(18)19(17)9-6-2/h8,11-15H,5-7,9-10H2,1-4H3. The number of unbranched alkanes of at least 4 members (excludes halogenated alkanes) is 1. The van der Waals surface area contributed by atoms with Gasteiger partial charge in [0, 0.05) is 0 Å². The van der Waals surface area contributed by atoms with Gasteiger partial charge in [-0.05, 0) is 53.0 Å². The lowest BCUT2D eigenvalue weighted by atomic mass is 10.0. The number of hydrogen-bond donors (Lipinski definition) is 0. The van der Waals surface area contributed by atoms with E-state index in [2.05, 4.69) is 58.0 Å². The predicted octanol–water partition coefficient (Wildman–Crippen LogP) is 6.21. The molecular weight excluding hydrogens is 240 g/mol. The molecule has 0 spiro atoms. The van der Waals surface area contributed by atoms with E-state index in [1.165, 1.54) is 48.8 Å². The van der Waals surface area contributed by atoms with Crippen molar-refractivity contribution in [3.05, 3.63) is 47.0 Å². The van der Waals surface area contributed by atoms with Gasteiger partial charge in [0.05, 0.1) is 0 Å². The van der Waals surface area contributed by atoms with Crippen LogP contribution in [0.3, 0.4) is 0 Å². The number of aryl methyl sites for hydroxylation is 1. The molecule has 0 nitrogen and oxygen atoms in total. The average Bonchev–Trinajstić information content (AvgIpc) is 2.61. The van der Waals surface area contributed by atoms with Crippen molar-refractivity contribution in [1.29, 1.82) is 0 Å². The summed E-state index contributed by atoms with van der Waals surface area (Å²) in [5.41, 5.74) is 7.54. The molecule has 2 aliphatic carbocycles. The third-order valence-electron chi connectivity index (χ3n) is 4.19. The van der Waals surface area contributed by atoms with Gasteiger partial charge in [0.25, 0.3) is 0 Å². The smallest absolute Gasteiger partial charge is 0.0149 e. The Kier molecular flexibility index (Phi) is 5.23. The van der Waals surface area contributed by atoms with E-state index < -0.39 is 0 Å². The molecule has 0 atom stereocenters. The summed E-state index contributed by atoms with van der Waals surface area (Å²) < 4.78 is 0. The van der Waals surface area contributed by atoms with E-state index in [-0.39, 0.29) is 0 Å². The molecular formula is C20H28. The van der Waals surface area contributed by atoms with Gasteiger partial charge in [-0.25, -0.2) is 0 Å². The van der Waals surface area contributed by atoms with Crippen LogP contribution in [0.5, 0.6) is 0 Å². The minimum atomic E-state index is 0.592. The number of fused-ring (bicyclic) bond motifs is 1. The zero-order chi connectivity index (χ0) is 14.5. The second kappa shape index (κ2) is 6.92. The number of rotatable bonds is 6. The highest BCUT2D eigenvalue weighted by atomic mass is 14.2. The minimum Gasteiger partial charge on any atom is -0.0654 e. The monoisotopic (exact) mass is 268 g/mol. The van der Waals surface area contributed by atoms with Crippen LogP contribution in [0.15, 0.2) is 30.3 Å². The Bertz CT molecular complexity index is 522. The van der Waals surface area contributed by atoms with E-state index in [1.807, 2.05) is 0 Å². The molecule has 2 rings (SSSR count). The summed E-state index contributed by atoms with van der Waals surface area (Å²) in [4.78, 5) is 0. The van der Waals surface area contributed by atoms with Gasteiger partial charge < -0.3 is 0 Å². The molecule has 20 heavy (non-hydrogen) atoms. The van der Waals surface area contributed by atoms with Gasteiger partial charge >= 0.3 is 0 Å². The van der Waals surface area contributed by atoms with Crippen LogP contribution >= 0.6 is 0 Å². The summed E-state index contributed by atoms with van der Waals surface area (Å²) in [6, 6.07) is 11.7. The first-order valence-electron chi connectivity index (χ1n) is 8.21. The topological polar surface area (TPSA) is 0 Å². The Balaban J connectivity index is 2.49. The molecule has 0 fully saturated rings. The van der Waals surface area contributed by atoms with Crippen LogP contribution in [0.4, 0.5) is 0 Å². The third kappa shape index (κ3) is 3.23. The molecule has 0 N–H and O–H groups in total. The van der Waals surface area contributed by atoms with Gasteiger partial charge in [0.2, 0.25) is 0 Å². The van der Waals surface area contributed by atoms with Crippen molar-refractivity contribution in [1.82, 2.24) is 0 Å². The molecule has 108 valence electrons. The lowest BCUT2D eigenvalue weighted by Crippen LogP contribution is -1.90. The molecule has 0 bridgehead atoms. The summed E-state index contributed by atoms with van der Waals surface area (Å²) in [6.07, 6.45) is 6.26. The largest absolute Gasteiger partial charge is 0.0654 e. The lowest BCUT2D eigenvalue weighted by Gasteiger charge is -2.04. The van der Waals surface area contributed by atoms with Gasteiger partial charge in [-0.15, -0.1) is 0 Å². The third-order valence-corrected chi connectivity index (χ3v) is 4.19. The summed E-state index contributed by atoms with van der Waals surface area (Å²) in [7, 11) is 0. The second-order valence-electron chi connectivity index (χ2n) is 6.20. The van der Waals surface area contributed by atoms with Crippen molar-refractivity contribution < 1.29 is 0 Å². The molecule has 0 aromatic rings. The highest BCUT2D eigenvalue weighted by Gasteiger charge is 2.14. The molecule has 0 aromatic heterocycles. The Morgan fingerprint density at radius 2 is 1.75 bits per heavy atom. The van der Waals surface area contributed by atoms with Gasteiger partial charge in [0.1, 0.15) is 0 Å². The molecule has 0 aliphatic heterocycles. The summed E-state index contributed by atoms with van der Waals surface area (Å²) in [6.45, 7) is 9.11. The second-order valence-corrected chi connectivity index (χ2v) is 6.20. The predicted molar refractivity (Wildman–Crippen MR) is 89.8 cm³/mol. The van der Waals surface area contributed by atoms with Crippen LogP contribution in [0, 0.1) is 0 Å². The first-order valence-corrected chi connectivity index (χ1v) is 8.21. The molecule has 0 unspecified atom stereocenters. The highest BCUT2D eigenvalue weighted by Crippen LogP contribution is 2.34. The normalized spacial score (nSPS) is 11.4. The molecule has 0 saturated heterocycles. The van der Waals surface area contributed by atoms with Crippen LogP contribution in [-0.4, -0.2) is 0 Å². The van der Waals surface area contributed by atoms with Crippen molar-refractivity contribution in [2.75, 3.05) is 0 Å². The van der Waals surface area contributed by atoms with Gasteiger partial charge in [-0.1, -0.05) is 70.9 Å². The first kappa shape index (κ1) is 15.1. The summed E-state index contributed by atoms with van der Waals surface area (Å²) in [5, 5.41) is 0. The fourth-order valence-electron chi connectivity index (χ4n) is 2.99. The van der Waals surface area contributed by atoms with E-state index in [9.17, 15) is 0 Å². The molecule has 0 heteroatoms. The van der Waals surface area contributed by atoms with Gasteiger partial charge in [-0.3, -0.25) is 0 Å². The average molecular weight is 268 g/mol. The Hall–Kier alpha value is -1.30. The van der Waals surface area contributed by atoms with Gasteiger partial charge in [-0.2, -0.15) is 0 Å². The van der Waals surface area contributed by atoms with Crippen molar-refractivity contribution >= 4 is 0 Å². The highest BCUT2D eigenvalue weighted by molar-refractivity contribution is 5.74. The maximum Gasteiger partial charge on any atom is -0.0149 e. The quantitative estimate of drug-likeness (QED) is 0.584. The van der Waals surface area contributed by atoms with E-state index >= 15 is 0 Å². The van der Waals surface area contributed by atoms with Crippen molar-refractivity contribution in [2.45, 2.75) is 65.7 Å². The van der Waals surface area contributed by atoms with E-state index in [0.29, 0.717) is 5.92 Å². The van der Waals surface area contributed by atoms with Crippen molar-refractivity contribution in [2.24, 2.45) is 0 Å². The van der Waals surface area contributed by atoms with Crippen molar-refractivity contribution in [3.63, 3.8) is 0 Å². The first-order chi connectivity index (χ1) is 9.67. The fourth-order valence-corrected chi connectivity index (χ4v) is 2.99. The molecule has 0 radical (unpaired) electrons. The Morgan fingerprint density at radius 1 is 0.950 bits per heavy atom. The Labute approximate surface area is 124 Å². The molecule has 0 saturated carbocycles. The zero-order valence-electron chi connectivity index (χ0n) is 13.5. The summed E-state index contributed by atoms with van der Waals surface area (Å²) >= 11 is 0. The SMILES string of the molecule is CCCCc1cc2cc(C(C)C)cccc-2c1CCC. The van der Waals surface area contributed by atoms with Crippen LogP contribution in [0.25, 0.3) is 11.1 Å². The van der Waals surface area contributed by atoms with Crippen LogP contribution in [-0.2, 0) is 12.8 Å². The summed E-state index contributed by atoms with van der Waals surface area (Å²) in [5.74, 6) is 0.592. The minimum absolute atomic E-state index is 0.592. The maximum absolute atomic E-state index is 2.45. The lowest BCUT2D eigenvalue weighted by molar-refractivity contribution is 0.784. The van der Waals surface area contributed by atoms with E-state index in [0.717, 1.165) is 0 Å². The molecule has 0 aromatic carbocycles. The van der Waals surface area contributed by atoms with Crippen molar-refractivity contribution in [3.8, 4) is 11.1 Å². The Morgan fingerprint density at radius 3 is 2.40 bits per heavy atom. The molecule has 0 heterocycles.